The van der Waals surface area contributed by atoms with Gasteiger partial charge in [-0.2, -0.15) is 0 Å². The van der Waals surface area contributed by atoms with Gasteiger partial charge in [0.1, 0.15) is 0 Å². The Labute approximate surface area is 241 Å². The van der Waals surface area contributed by atoms with Crippen molar-refractivity contribution in [2.75, 3.05) is 32.7 Å². The molecule has 0 radical (unpaired) electrons. The van der Waals surface area contributed by atoms with Crippen LogP contribution in [0.4, 0.5) is 0 Å². The van der Waals surface area contributed by atoms with Crippen LogP contribution in [-0.4, -0.2) is 42.6 Å². The fourth-order valence-electron chi connectivity index (χ4n) is 6.59. The zero-order valence-electron chi connectivity index (χ0n) is 24.8. The second kappa shape index (κ2) is 12.5. The number of rotatable bonds is 10. The maximum atomic E-state index is 4.60. The number of nitrogens with one attached hydrogen (secondary N) is 1. The standard InChI is InChI=1S/C37H45N3/c1-5-38-28-36(32-14-8-29(2)9-15-32)20-24-40(25-21-36)26-22-37(35-7-6-23-39-27-35,33-16-10-30(3)11-17-33)34-18-12-31(4)13-19-34/h6-19,23,27,38H,5,20-22,24-26,28H2,1-4H3. The number of aryl methyl sites for hydroxylation is 3. The quantitative estimate of drug-likeness (QED) is 0.231. The molecule has 3 aromatic carbocycles. The maximum Gasteiger partial charge on any atom is 0.0478 e. The zero-order valence-corrected chi connectivity index (χ0v) is 24.8. The van der Waals surface area contributed by atoms with Crippen LogP contribution in [0.1, 0.15) is 65.1 Å². The van der Waals surface area contributed by atoms with E-state index in [0.717, 1.165) is 39.1 Å². The number of nitrogens with zero attached hydrogens (tertiary/aromatic N) is 2. The summed E-state index contributed by atoms with van der Waals surface area (Å²) in [4.78, 5) is 7.30. The molecule has 208 valence electrons. The van der Waals surface area contributed by atoms with E-state index in [0.29, 0.717) is 0 Å². The third-order valence-corrected chi connectivity index (χ3v) is 9.24. The van der Waals surface area contributed by atoms with Gasteiger partial charge in [-0.1, -0.05) is 102 Å². The second-order valence-corrected chi connectivity index (χ2v) is 11.9. The van der Waals surface area contributed by atoms with Crippen LogP contribution in [0.25, 0.3) is 0 Å². The second-order valence-electron chi connectivity index (χ2n) is 11.9. The molecule has 3 heteroatoms. The molecular formula is C37H45N3. The van der Waals surface area contributed by atoms with Crippen molar-refractivity contribution in [3.8, 4) is 0 Å². The highest BCUT2D eigenvalue weighted by Crippen LogP contribution is 2.43. The third-order valence-electron chi connectivity index (χ3n) is 9.24. The molecule has 0 aliphatic carbocycles. The minimum absolute atomic E-state index is 0.203. The van der Waals surface area contributed by atoms with E-state index < -0.39 is 0 Å². The fourth-order valence-corrected chi connectivity index (χ4v) is 6.59. The summed E-state index contributed by atoms with van der Waals surface area (Å²) in [5, 5.41) is 3.69. The lowest BCUT2D eigenvalue weighted by Gasteiger charge is -2.44. The number of pyridine rings is 1. The number of hydrogen-bond acceptors (Lipinski definition) is 3. The number of likely N-dealkylation sites (tertiary alicyclic amines) is 1. The minimum atomic E-state index is -0.259. The highest BCUT2D eigenvalue weighted by molar-refractivity contribution is 5.50. The highest BCUT2D eigenvalue weighted by atomic mass is 15.1. The number of piperidine rings is 1. The molecule has 0 atom stereocenters. The molecule has 1 aliphatic rings. The zero-order chi connectivity index (χ0) is 28.0. The monoisotopic (exact) mass is 531 g/mol. The summed E-state index contributed by atoms with van der Waals surface area (Å²) in [6.07, 6.45) is 7.33. The topological polar surface area (TPSA) is 28.2 Å². The van der Waals surface area contributed by atoms with Gasteiger partial charge < -0.3 is 10.2 Å². The van der Waals surface area contributed by atoms with Gasteiger partial charge in [0.05, 0.1) is 0 Å². The van der Waals surface area contributed by atoms with E-state index in [2.05, 4.69) is 134 Å². The van der Waals surface area contributed by atoms with Gasteiger partial charge >= 0.3 is 0 Å². The van der Waals surface area contributed by atoms with E-state index in [1.807, 2.05) is 6.20 Å². The van der Waals surface area contributed by atoms with Gasteiger partial charge in [-0.3, -0.25) is 4.98 Å². The van der Waals surface area contributed by atoms with Crippen molar-refractivity contribution in [1.29, 1.82) is 0 Å². The summed E-state index contributed by atoms with van der Waals surface area (Å²) >= 11 is 0. The Balaban J connectivity index is 1.44. The lowest BCUT2D eigenvalue weighted by atomic mass is 9.67. The molecule has 1 fully saturated rings. The summed E-state index contributed by atoms with van der Waals surface area (Å²) in [5.74, 6) is 0. The third kappa shape index (κ3) is 5.92. The first-order valence-electron chi connectivity index (χ1n) is 15.0. The van der Waals surface area contributed by atoms with E-state index in [-0.39, 0.29) is 10.8 Å². The first-order chi connectivity index (χ1) is 19.4. The molecular weight excluding hydrogens is 486 g/mol. The Morgan fingerprint density at radius 2 is 1.30 bits per heavy atom. The first kappa shape index (κ1) is 28.3. The van der Waals surface area contributed by atoms with E-state index in [1.54, 1.807) is 0 Å². The summed E-state index contributed by atoms with van der Waals surface area (Å²) in [6, 6.07) is 32.0. The summed E-state index contributed by atoms with van der Waals surface area (Å²) < 4.78 is 0. The highest BCUT2D eigenvalue weighted by Gasteiger charge is 2.39. The molecule has 0 saturated carbocycles. The van der Waals surface area contributed by atoms with Crippen LogP contribution < -0.4 is 5.32 Å². The number of aromatic nitrogens is 1. The van der Waals surface area contributed by atoms with Crippen LogP contribution in [0.5, 0.6) is 0 Å². The molecule has 1 aliphatic heterocycles. The number of likely N-dealkylation sites (N-methyl/N-ethyl adjacent to an activating group) is 1. The van der Waals surface area contributed by atoms with Crippen LogP contribution in [0, 0.1) is 20.8 Å². The predicted octanol–water partition coefficient (Wildman–Crippen LogP) is 7.37. The number of hydrogen-bond donors (Lipinski definition) is 1. The predicted molar refractivity (Wildman–Crippen MR) is 168 cm³/mol. The molecule has 5 rings (SSSR count). The normalized spacial score (nSPS) is 15.7. The van der Waals surface area contributed by atoms with E-state index in [4.69, 9.17) is 0 Å². The van der Waals surface area contributed by atoms with E-state index in [9.17, 15) is 0 Å². The number of benzene rings is 3. The van der Waals surface area contributed by atoms with Crippen molar-refractivity contribution in [3.05, 3.63) is 136 Å². The van der Waals surface area contributed by atoms with Gasteiger partial charge in [0.25, 0.3) is 0 Å². The van der Waals surface area contributed by atoms with Crippen LogP contribution in [-0.2, 0) is 10.8 Å². The van der Waals surface area contributed by atoms with Crippen molar-refractivity contribution in [3.63, 3.8) is 0 Å². The Kier molecular flexibility index (Phi) is 8.83. The molecule has 1 aromatic heterocycles. The van der Waals surface area contributed by atoms with Gasteiger partial charge in [-0.25, -0.2) is 0 Å². The van der Waals surface area contributed by atoms with Crippen molar-refractivity contribution in [2.24, 2.45) is 0 Å². The molecule has 0 amide bonds. The van der Waals surface area contributed by atoms with Crippen LogP contribution >= 0.6 is 0 Å². The fraction of sp³-hybridized carbons (Fsp3) is 0.378. The Hall–Kier alpha value is -3.27. The molecule has 0 spiro atoms. The Bertz CT molecular complexity index is 1290. The molecule has 4 aromatic rings. The van der Waals surface area contributed by atoms with Crippen molar-refractivity contribution < 1.29 is 0 Å². The van der Waals surface area contributed by atoms with Gasteiger partial charge in [0.2, 0.25) is 0 Å². The van der Waals surface area contributed by atoms with Crippen molar-refractivity contribution in [2.45, 2.75) is 57.8 Å². The molecule has 40 heavy (non-hydrogen) atoms. The van der Waals surface area contributed by atoms with Crippen LogP contribution in [0.15, 0.2) is 97.3 Å². The summed E-state index contributed by atoms with van der Waals surface area (Å²) in [5.41, 5.74) is 9.29. The Morgan fingerprint density at radius 3 is 1.80 bits per heavy atom. The van der Waals surface area contributed by atoms with Gasteiger partial charge in [-0.15, -0.1) is 0 Å². The van der Waals surface area contributed by atoms with Gasteiger partial charge in [0.15, 0.2) is 0 Å². The molecule has 2 heterocycles. The maximum absolute atomic E-state index is 4.60. The SMILES string of the molecule is CCNCC1(c2ccc(C)cc2)CCN(CCC(c2ccc(C)cc2)(c2ccc(C)cc2)c2cccnc2)CC1. The molecule has 0 bridgehead atoms. The van der Waals surface area contributed by atoms with E-state index >= 15 is 0 Å². The Morgan fingerprint density at radius 1 is 0.750 bits per heavy atom. The smallest absolute Gasteiger partial charge is 0.0478 e. The van der Waals surface area contributed by atoms with Crippen LogP contribution in [0.2, 0.25) is 0 Å². The van der Waals surface area contributed by atoms with Gasteiger partial charge in [0, 0.05) is 29.8 Å². The molecule has 3 nitrogen and oxygen atoms in total. The van der Waals surface area contributed by atoms with Crippen molar-refractivity contribution in [1.82, 2.24) is 15.2 Å². The van der Waals surface area contributed by atoms with Crippen molar-refractivity contribution >= 4 is 0 Å². The lowest BCUT2D eigenvalue weighted by Crippen LogP contribution is -2.49. The minimum Gasteiger partial charge on any atom is -0.316 e. The summed E-state index contributed by atoms with van der Waals surface area (Å²) in [7, 11) is 0. The molecule has 1 N–H and O–H groups in total. The molecule has 1 saturated heterocycles. The van der Waals surface area contributed by atoms with E-state index in [1.165, 1.54) is 51.8 Å². The largest absolute Gasteiger partial charge is 0.316 e. The molecule has 0 unspecified atom stereocenters. The summed E-state index contributed by atoms with van der Waals surface area (Å²) in [6.45, 7) is 14.1. The van der Waals surface area contributed by atoms with Gasteiger partial charge in [-0.05, 0) is 94.5 Å². The average molecular weight is 532 g/mol. The lowest BCUT2D eigenvalue weighted by molar-refractivity contribution is 0.150. The first-order valence-corrected chi connectivity index (χ1v) is 15.0. The average Bonchev–Trinajstić information content (AvgIpc) is 2.99. The van der Waals surface area contributed by atoms with Crippen LogP contribution in [0.3, 0.4) is 0 Å².